The largest absolute Gasteiger partial charge is 0.497 e. The number of ether oxygens (including phenoxy) is 1. The SMILES string of the molecule is COc1cccc(-c2cc3c(N4CCCC(C(=O)O)C4)nccn3n2)c1. The first-order chi connectivity index (χ1) is 12.7. The standard InChI is InChI=1S/C19H20N4O3/c1-26-15-6-2-4-13(10-15)16-11-17-18(20-7-9-23(17)21-16)22-8-3-5-14(12-22)19(24)25/h2,4,6-7,9-11,14H,3,5,8,12H2,1H3,(H,24,25). The van der Waals surface area contributed by atoms with Crippen LogP contribution < -0.4 is 9.64 Å². The normalized spacial score (nSPS) is 17.4. The Bertz CT molecular complexity index is 953. The predicted molar refractivity (Wildman–Crippen MR) is 97.5 cm³/mol. The fourth-order valence-corrected chi connectivity index (χ4v) is 3.45. The van der Waals surface area contributed by atoms with Gasteiger partial charge in [0.25, 0.3) is 0 Å². The molecule has 3 aromatic rings. The number of aliphatic carboxylic acids is 1. The van der Waals surface area contributed by atoms with Gasteiger partial charge in [-0.3, -0.25) is 4.79 Å². The van der Waals surface area contributed by atoms with Crippen LogP contribution in [0.2, 0.25) is 0 Å². The average molecular weight is 352 g/mol. The number of rotatable bonds is 4. The predicted octanol–water partition coefficient (Wildman–Crippen LogP) is 2.71. The molecule has 1 N–H and O–H groups in total. The summed E-state index contributed by atoms with van der Waals surface area (Å²) in [6.45, 7) is 1.28. The number of fused-ring (bicyclic) bond motifs is 1. The van der Waals surface area contributed by atoms with E-state index >= 15 is 0 Å². The van der Waals surface area contributed by atoms with E-state index in [0.29, 0.717) is 13.0 Å². The second-order valence-electron chi connectivity index (χ2n) is 6.47. The van der Waals surface area contributed by atoms with Gasteiger partial charge in [0, 0.05) is 31.0 Å². The Hall–Kier alpha value is -3.09. The summed E-state index contributed by atoms with van der Waals surface area (Å²) in [5.74, 6) is 0.456. The van der Waals surface area contributed by atoms with Gasteiger partial charge in [-0.15, -0.1) is 0 Å². The van der Waals surface area contributed by atoms with Crippen LogP contribution in [0.4, 0.5) is 5.82 Å². The van der Waals surface area contributed by atoms with Crippen molar-refractivity contribution in [2.24, 2.45) is 5.92 Å². The number of methoxy groups -OCH3 is 1. The van der Waals surface area contributed by atoms with E-state index in [-0.39, 0.29) is 5.92 Å². The lowest BCUT2D eigenvalue weighted by Crippen LogP contribution is -2.39. The number of carboxylic acid groups (broad SMARTS) is 1. The van der Waals surface area contributed by atoms with Gasteiger partial charge < -0.3 is 14.7 Å². The Balaban J connectivity index is 1.73. The summed E-state index contributed by atoms with van der Waals surface area (Å²) in [6.07, 6.45) is 5.07. The lowest BCUT2D eigenvalue weighted by Gasteiger charge is -2.31. The highest BCUT2D eigenvalue weighted by atomic mass is 16.5. The van der Waals surface area contributed by atoms with E-state index in [1.54, 1.807) is 24.0 Å². The highest BCUT2D eigenvalue weighted by Crippen LogP contribution is 2.29. The van der Waals surface area contributed by atoms with Crippen LogP contribution in [0, 0.1) is 5.92 Å². The number of nitrogens with zero attached hydrogens (tertiary/aromatic N) is 4. The zero-order valence-corrected chi connectivity index (χ0v) is 14.5. The topological polar surface area (TPSA) is 80.0 Å². The minimum absolute atomic E-state index is 0.355. The van der Waals surface area contributed by atoms with Gasteiger partial charge in [-0.05, 0) is 31.0 Å². The molecule has 1 saturated heterocycles. The molecular weight excluding hydrogens is 332 g/mol. The molecule has 1 unspecified atom stereocenters. The van der Waals surface area contributed by atoms with Crippen molar-refractivity contribution >= 4 is 17.3 Å². The maximum absolute atomic E-state index is 11.4. The zero-order valence-electron chi connectivity index (χ0n) is 14.5. The summed E-state index contributed by atoms with van der Waals surface area (Å²) >= 11 is 0. The molecule has 0 bridgehead atoms. The van der Waals surface area contributed by atoms with E-state index in [2.05, 4.69) is 15.0 Å². The molecule has 26 heavy (non-hydrogen) atoms. The molecule has 1 aliphatic rings. The van der Waals surface area contributed by atoms with Gasteiger partial charge in [0.15, 0.2) is 5.82 Å². The van der Waals surface area contributed by atoms with Crippen molar-refractivity contribution in [1.29, 1.82) is 0 Å². The quantitative estimate of drug-likeness (QED) is 0.778. The number of anilines is 1. The smallest absolute Gasteiger partial charge is 0.308 e. The van der Waals surface area contributed by atoms with Crippen molar-refractivity contribution in [3.8, 4) is 17.0 Å². The van der Waals surface area contributed by atoms with E-state index in [9.17, 15) is 9.90 Å². The molecule has 134 valence electrons. The summed E-state index contributed by atoms with van der Waals surface area (Å²) < 4.78 is 7.09. The molecule has 3 heterocycles. The van der Waals surface area contributed by atoms with Crippen molar-refractivity contribution in [3.63, 3.8) is 0 Å². The third kappa shape index (κ3) is 2.96. The second-order valence-corrected chi connectivity index (χ2v) is 6.47. The van der Waals surface area contributed by atoms with E-state index < -0.39 is 5.97 Å². The van der Waals surface area contributed by atoms with Gasteiger partial charge in [-0.2, -0.15) is 5.10 Å². The summed E-state index contributed by atoms with van der Waals surface area (Å²) in [4.78, 5) is 17.9. The Morgan fingerprint density at radius 1 is 1.35 bits per heavy atom. The van der Waals surface area contributed by atoms with Crippen molar-refractivity contribution < 1.29 is 14.6 Å². The molecule has 0 radical (unpaired) electrons. The first-order valence-electron chi connectivity index (χ1n) is 8.62. The number of benzene rings is 1. The number of hydrogen-bond donors (Lipinski definition) is 1. The average Bonchev–Trinajstić information content (AvgIpc) is 3.12. The number of carboxylic acids is 1. The van der Waals surface area contributed by atoms with Crippen molar-refractivity contribution in [3.05, 3.63) is 42.7 Å². The number of hydrogen-bond acceptors (Lipinski definition) is 5. The molecule has 0 amide bonds. The van der Waals surface area contributed by atoms with Gasteiger partial charge in [-0.25, -0.2) is 9.50 Å². The van der Waals surface area contributed by atoms with Gasteiger partial charge in [0.2, 0.25) is 0 Å². The minimum atomic E-state index is -0.743. The number of piperidine rings is 1. The molecule has 1 fully saturated rings. The van der Waals surface area contributed by atoms with Crippen molar-refractivity contribution in [2.75, 3.05) is 25.1 Å². The molecule has 7 nitrogen and oxygen atoms in total. The van der Waals surface area contributed by atoms with Crippen LogP contribution in [0.5, 0.6) is 5.75 Å². The maximum atomic E-state index is 11.4. The summed E-state index contributed by atoms with van der Waals surface area (Å²) in [6, 6.07) is 9.74. The van der Waals surface area contributed by atoms with E-state index in [1.165, 1.54) is 0 Å². The number of aromatic nitrogens is 3. The first-order valence-corrected chi connectivity index (χ1v) is 8.62. The molecule has 1 aliphatic heterocycles. The molecule has 1 atom stereocenters. The van der Waals surface area contributed by atoms with Gasteiger partial charge in [0.05, 0.1) is 18.7 Å². The maximum Gasteiger partial charge on any atom is 0.308 e. The summed E-state index contributed by atoms with van der Waals surface area (Å²) in [7, 11) is 1.64. The molecule has 7 heteroatoms. The molecule has 0 aliphatic carbocycles. The van der Waals surface area contributed by atoms with Crippen molar-refractivity contribution in [1.82, 2.24) is 14.6 Å². The fraction of sp³-hybridized carbons (Fsp3) is 0.316. The Morgan fingerprint density at radius 2 is 2.23 bits per heavy atom. The second kappa shape index (κ2) is 6.67. The van der Waals surface area contributed by atoms with Gasteiger partial charge in [0.1, 0.15) is 11.3 Å². The monoisotopic (exact) mass is 352 g/mol. The van der Waals surface area contributed by atoms with Crippen LogP contribution in [0.3, 0.4) is 0 Å². The lowest BCUT2D eigenvalue weighted by atomic mass is 9.98. The van der Waals surface area contributed by atoms with Crippen LogP contribution in [-0.4, -0.2) is 45.9 Å². The molecule has 0 spiro atoms. The number of carbonyl (C=O) groups is 1. The van der Waals surface area contributed by atoms with Gasteiger partial charge >= 0.3 is 5.97 Å². The first kappa shape index (κ1) is 16.4. The van der Waals surface area contributed by atoms with Gasteiger partial charge in [-0.1, -0.05) is 12.1 Å². The van der Waals surface area contributed by atoms with Crippen LogP contribution in [0.25, 0.3) is 16.8 Å². The third-order valence-corrected chi connectivity index (χ3v) is 4.81. The minimum Gasteiger partial charge on any atom is -0.497 e. The van der Waals surface area contributed by atoms with Crippen molar-refractivity contribution in [2.45, 2.75) is 12.8 Å². The molecule has 1 aromatic carbocycles. The van der Waals surface area contributed by atoms with Crippen LogP contribution in [0.15, 0.2) is 42.7 Å². The molecule has 4 rings (SSSR count). The Kier molecular flexibility index (Phi) is 4.20. The van der Waals surface area contributed by atoms with E-state index in [4.69, 9.17) is 4.74 Å². The lowest BCUT2D eigenvalue weighted by molar-refractivity contribution is -0.141. The highest BCUT2D eigenvalue weighted by Gasteiger charge is 2.27. The van der Waals surface area contributed by atoms with Crippen LogP contribution >= 0.6 is 0 Å². The van der Waals surface area contributed by atoms with E-state index in [0.717, 1.165) is 41.3 Å². The molecular formula is C19H20N4O3. The zero-order chi connectivity index (χ0) is 18.1. The Labute approximate surface area is 150 Å². The molecule has 2 aromatic heterocycles. The summed E-state index contributed by atoms with van der Waals surface area (Å²) in [5.41, 5.74) is 2.65. The fourth-order valence-electron chi connectivity index (χ4n) is 3.45. The molecule has 0 saturated carbocycles. The summed E-state index contributed by atoms with van der Waals surface area (Å²) in [5, 5.41) is 14.0. The van der Waals surface area contributed by atoms with Crippen LogP contribution in [0.1, 0.15) is 12.8 Å². The Morgan fingerprint density at radius 3 is 3.04 bits per heavy atom. The highest BCUT2D eigenvalue weighted by molar-refractivity contribution is 5.77. The van der Waals surface area contributed by atoms with E-state index in [1.807, 2.05) is 30.3 Å². The third-order valence-electron chi connectivity index (χ3n) is 4.81. The van der Waals surface area contributed by atoms with Crippen LogP contribution in [-0.2, 0) is 4.79 Å².